The van der Waals surface area contributed by atoms with Crippen LogP contribution >= 0.6 is 11.6 Å². The van der Waals surface area contributed by atoms with Gasteiger partial charge in [0.15, 0.2) is 6.79 Å². The Morgan fingerprint density at radius 1 is 1.12 bits per heavy atom. The first-order valence-corrected chi connectivity index (χ1v) is 9.97. The fourth-order valence-electron chi connectivity index (χ4n) is 3.04. The topological polar surface area (TPSA) is 103 Å². The number of amides is 2. The van der Waals surface area contributed by atoms with Crippen LogP contribution in [-0.4, -0.2) is 59.8 Å². The fourth-order valence-corrected chi connectivity index (χ4v) is 3.20. The lowest BCUT2D eigenvalue weighted by Crippen LogP contribution is -2.47. The van der Waals surface area contributed by atoms with Crippen molar-refractivity contribution in [2.75, 3.05) is 38.5 Å². The number of carbonyl (C=O) groups excluding carboxylic acids is 2. The zero-order valence-electron chi connectivity index (χ0n) is 16.7. The summed E-state index contributed by atoms with van der Waals surface area (Å²) in [6.07, 6.45) is 1.36. The first-order chi connectivity index (χ1) is 15.5. The molecule has 0 bridgehead atoms. The molecule has 166 valence electrons. The van der Waals surface area contributed by atoms with Crippen LogP contribution in [0.25, 0.3) is 10.9 Å². The van der Waals surface area contributed by atoms with Gasteiger partial charge < -0.3 is 19.5 Å². The third-order valence-electron chi connectivity index (χ3n) is 4.61. The molecule has 1 aliphatic heterocycles. The highest BCUT2D eigenvalue weighted by Gasteiger charge is 2.25. The third kappa shape index (κ3) is 5.10. The van der Waals surface area contributed by atoms with E-state index in [1.165, 1.54) is 18.5 Å². The largest absolute Gasteiger partial charge is 0.467 e. The van der Waals surface area contributed by atoms with E-state index in [0.717, 1.165) is 4.90 Å². The van der Waals surface area contributed by atoms with Crippen molar-refractivity contribution in [1.29, 1.82) is 0 Å². The molecule has 0 radical (unpaired) electrons. The van der Waals surface area contributed by atoms with Crippen molar-refractivity contribution in [2.24, 2.45) is 0 Å². The minimum atomic E-state index is -0.498. The molecule has 0 aliphatic carbocycles. The summed E-state index contributed by atoms with van der Waals surface area (Å²) < 4.78 is 29.9. The number of morpholine rings is 1. The summed E-state index contributed by atoms with van der Waals surface area (Å²) in [5.74, 6) is -0.343. The van der Waals surface area contributed by atoms with E-state index in [4.69, 9.17) is 25.8 Å². The number of aromatic nitrogens is 2. The Morgan fingerprint density at radius 2 is 1.94 bits per heavy atom. The standard InChI is InChI=1S/C21H18ClFN4O5/c22-13-1-4-17(16(23)7-13)26-21-15-3-2-14(8-18(15)24-11-25-21)32-12-30-6-5-27-19(28)9-31-10-20(27)29/h1-4,7-8,11H,5-6,9-10,12H2,(H,24,25,26). The van der Waals surface area contributed by atoms with Crippen LogP contribution in [0.4, 0.5) is 15.9 Å². The third-order valence-corrected chi connectivity index (χ3v) is 4.85. The second kappa shape index (κ2) is 9.86. The molecule has 1 aliphatic rings. The van der Waals surface area contributed by atoms with Crippen LogP contribution in [0.3, 0.4) is 0 Å². The molecular weight excluding hydrogens is 443 g/mol. The summed E-state index contributed by atoms with van der Waals surface area (Å²) in [6.45, 7) is -0.0324. The number of nitrogens with zero attached hydrogens (tertiary/aromatic N) is 3. The molecule has 1 saturated heterocycles. The highest BCUT2D eigenvalue weighted by molar-refractivity contribution is 6.30. The van der Waals surface area contributed by atoms with Gasteiger partial charge in [0.2, 0.25) is 0 Å². The second-order valence-corrected chi connectivity index (χ2v) is 7.19. The van der Waals surface area contributed by atoms with E-state index >= 15 is 0 Å². The van der Waals surface area contributed by atoms with Gasteiger partial charge in [-0.2, -0.15) is 0 Å². The van der Waals surface area contributed by atoms with Gasteiger partial charge in [0, 0.05) is 16.5 Å². The van der Waals surface area contributed by atoms with Crippen LogP contribution in [0, 0.1) is 5.82 Å². The van der Waals surface area contributed by atoms with Crippen molar-refractivity contribution in [3.05, 3.63) is 53.6 Å². The lowest BCUT2D eigenvalue weighted by Gasteiger charge is -2.24. The van der Waals surface area contributed by atoms with Gasteiger partial charge in [0.05, 0.1) is 24.4 Å². The molecule has 0 spiro atoms. The van der Waals surface area contributed by atoms with Crippen molar-refractivity contribution in [1.82, 2.24) is 14.9 Å². The van der Waals surface area contributed by atoms with Crippen LogP contribution in [0.2, 0.25) is 5.02 Å². The predicted octanol–water partition coefficient (Wildman–Crippen LogP) is 2.90. The number of rotatable bonds is 8. The highest BCUT2D eigenvalue weighted by atomic mass is 35.5. The monoisotopic (exact) mass is 460 g/mol. The summed E-state index contributed by atoms with van der Waals surface area (Å²) in [5, 5.41) is 3.91. The van der Waals surface area contributed by atoms with Crippen molar-refractivity contribution < 1.29 is 28.2 Å². The molecule has 2 heterocycles. The van der Waals surface area contributed by atoms with Crippen molar-refractivity contribution in [2.45, 2.75) is 0 Å². The number of hydrogen-bond donors (Lipinski definition) is 1. The number of anilines is 2. The normalized spacial score (nSPS) is 14.1. The van der Waals surface area contributed by atoms with Crippen molar-refractivity contribution in [3.63, 3.8) is 0 Å². The van der Waals surface area contributed by atoms with Gasteiger partial charge in [-0.1, -0.05) is 11.6 Å². The van der Waals surface area contributed by atoms with Crippen LogP contribution in [0.1, 0.15) is 0 Å². The maximum atomic E-state index is 14.1. The molecule has 9 nitrogen and oxygen atoms in total. The van der Waals surface area contributed by atoms with E-state index in [1.54, 1.807) is 24.3 Å². The summed E-state index contributed by atoms with van der Waals surface area (Å²) in [4.78, 5) is 32.8. The van der Waals surface area contributed by atoms with E-state index in [2.05, 4.69) is 15.3 Å². The number of imide groups is 1. The SMILES string of the molecule is O=C1COCC(=O)N1CCOCOc1ccc2c(Nc3ccc(Cl)cc3F)ncnc2c1. The smallest absolute Gasteiger partial charge is 0.255 e. The van der Waals surface area contributed by atoms with E-state index in [1.807, 2.05) is 0 Å². The zero-order chi connectivity index (χ0) is 22.5. The van der Waals surface area contributed by atoms with Crippen molar-refractivity contribution >= 4 is 45.8 Å². The first-order valence-electron chi connectivity index (χ1n) is 9.59. The quantitative estimate of drug-likeness (QED) is 0.311. The Morgan fingerprint density at radius 3 is 2.72 bits per heavy atom. The molecule has 0 atom stereocenters. The van der Waals surface area contributed by atoms with Gasteiger partial charge in [-0.05, 0) is 30.3 Å². The zero-order valence-corrected chi connectivity index (χ0v) is 17.5. The molecule has 2 amide bonds. The van der Waals surface area contributed by atoms with E-state index in [0.29, 0.717) is 27.5 Å². The minimum Gasteiger partial charge on any atom is -0.467 e. The number of nitrogens with one attached hydrogen (secondary N) is 1. The number of ether oxygens (including phenoxy) is 3. The lowest BCUT2D eigenvalue weighted by molar-refractivity contribution is -0.159. The molecule has 0 saturated carbocycles. The number of benzene rings is 2. The Labute approximate surface area is 187 Å². The van der Waals surface area contributed by atoms with Crippen molar-refractivity contribution in [3.8, 4) is 5.75 Å². The van der Waals surface area contributed by atoms with Crippen LogP contribution in [0.15, 0.2) is 42.7 Å². The van der Waals surface area contributed by atoms with Gasteiger partial charge >= 0.3 is 0 Å². The molecule has 32 heavy (non-hydrogen) atoms. The number of halogens is 2. The fraction of sp³-hybridized carbons (Fsp3) is 0.238. The van der Waals surface area contributed by atoms with Gasteiger partial charge in [0.1, 0.15) is 36.9 Å². The maximum Gasteiger partial charge on any atom is 0.255 e. The van der Waals surface area contributed by atoms with E-state index < -0.39 is 5.82 Å². The van der Waals surface area contributed by atoms with Gasteiger partial charge in [0.25, 0.3) is 11.8 Å². The molecule has 0 unspecified atom stereocenters. The second-order valence-electron chi connectivity index (χ2n) is 6.75. The first kappa shape index (κ1) is 21.9. The Balaban J connectivity index is 1.34. The van der Waals surface area contributed by atoms with Gasteiger partial charge in [-0.25, -0.2) is 14.4 Å². The van der Waals surface area contributed by atoms with E-state index in [-0.39, 0.29) is 50.7 Å². The Hall–Kier alpha value is -3.34. The maximum absolute atomic E-state index is 14.1. The molecule has 1 fully saturated rings. The average Bonchev–Trinajstić information content (AvgIpc) is 2.77. The molecule has 11 heteroatoms. The summed E-state index contributed by atoms with van der Waals surface area (Å²) in [7, 11) is 0. The Bertz CT molecular complexity index is 1150. The molecule has 2 aromatic carbocycles. The highest BCUT2D eigenvalue weighted by Crippen LogP contribution is 2.28. The minimum absolute atomic E-state index is 0.0790. The van der Waals surface area contributed by atoms with Gasteiger partial charge in [-0.15, -0.1) is 0 Å². The number of hydrogen-bond acceptors (Lipinski definition) is 8. The predicted molar refractivity (Wildman–Crippen MR) is 113 cm³/mol. The summed E-state index contributed by atoms with van der Waals surface area (Å²) in [5.41, 5.74) is 0.819. The van der Waals surface area contributed by atoms with Crippen LogP contribution < -0.4 is 10.1 Å². The average molecular weight is 461 g/mol. The summed E-state index contributed by atoms with van der Waals surface area (Å²) >= 11 is 5.79. The molecule has 4 rings (SSSR count). The number of carbonyl (C=O) groups is 2. The number of fused-ring (bicyclic) bond motifs is 1. The lowest BCUT2D eigenvalue weighted by atomic mass is 10.2. The molecule has 1 N–H and O–H groups in total. The molecule has 1 aromatic heterocycles. The summed E-state index contributed by atoms with van der Waals surface area (Å²) in [6, 6.07) is 9.45. The van der Waals surface area contributed by atoms with Gasteiger partial charge in [-0.3, -0.25) is 14.5 Å². The van der Waals surface area contributed by atoms with Crippen LogP contribution in [-0.2, 0) is 19.1 Å². The molecular formula is C21H18ClFN4O5. The van der Waals surface area contributed by atoms with Crippen LogP contribution in [0.5, 0.6) is 5.75 Å². The Kier molecular flexibility index (Phi) is 6.74. The van der Waals surface area contributed by atoms with E-state index in [9.17, 15) is 14.0 Å². The molecule has 3 aromatic rings.